The number of carbonyl (C=O) groups excluding carboxylic acids is 1. The van der Waals surface area contributed by atoms with Gasteiger partial charge in [-0.2, -0.15) is 5.26 Å². The van der Waals surface area contributed by atoms with Gasteiger partial charge in [0, 0.05) is 0 Å². The fraction of sp³-hybridized carbons (Fsp3) is 0.125. The molecule has 0 aromatic carbocycles. The van der Waals surface area contributed by atoms with Crippen molar-refractivity contribution < 1.29 is 13.6 Å². The molecule has 0 bridgehead atoms. The quantitative estimate of drug-likeness (QED) is 0.786. The molecule has 0 saturated heterocycles. The number of pyridine rings is 1. The van der Waals surface area contributed by atoms with Gasteiger partial charge in [0.1, 0.15) is 16.9 Å². The molecule has 0 radical (unpaired) electrons. The highest BCUT2D eigenvalue weighted by molar-refractivity contribution is 6.30. The summed E-state index contributed by atoms with van der Waals surface area (Å²) in [6.07, 6.45) is -2.97. The molecule has 1 rings (SSSR count). The van der Waals surface area contributed by atoms with Gasteiger partial charge in [-0.1, -0.05) is 11.6 Å². The van der Waals surface area contributed by atoms with E-state index in [2.05, 4.69) is 4.98 Å². The van der Waals surface area contributed by atoms with Crippen molar-refractivity contribution in [2.75, 3.05) is 0 Å². The van der Waals surface area contributed by atoms with Crippen LogP contribution < -0.4 is 5.73 Å². The molecule has 4 nitrogen and oxygen atoms in total. The van der Waals surface area contributed by atoms with Gasteiger partial charge in [-0.05, 0) is 6.07 Å². The Labute approximate surface area is 88.3 Å². The number of halogens is 3. The Morgan fingerprint density at radius 2 is 2.27 bits per heavy atom. The number of amides is 1. The Balaban J connectivity index is 3.47. The highest BCUT2D eigenvalue weighted by Crippen LogP contribution is 2.24. The summed E-state index contributed by atoms with van der Waals surface area (Å²) in [6, 6.07) is 2.51. The van der Waals surface area contributed by atoms with Gasteiger partial charge < -0.3 is 5.73 Å². The van der Waals surface area contributed by atoms with Crippen LogP contribution in [0.1, 0.15) is 28.0 Å². The lowest BCUT2D eigenvalue weighted by molar-refractivity contribution is 0.0983. The van der Waals surface area contributed by atoms with Crippen LogP contribution >= 0.6 is 11.6 Å². The number of carbonyl (C=O) groups is 1. The molecular formula is C8H4ClF2N3O. The van der Waals surface area contributed by atoms with Crippen LogP contribution in [-0.4, -0.2) is 10.9 Å². The minimum Gasteiger partial charge on any atom is -0.366 e. The molecule has 1 aromatic rings. The lowest BCUT2D eigenvalue weighted by atomic mass is 10.1. The standard InChI is InChI=1S/C8H4ClF2N3O/c9-6-3(2-12)1-4(8(13)15)5(14-6)7(10)11/h1,7H,(H2,13,15). The van der Waals surface area contributed by atoms with E-state index in [4.69, 9.17) is 22.6 Å². The number of nitriles is 1. The third-order valence-corrected chi connectivity index (χ3v) is 1.89. The Bertz CT molecular complexity index is 456. The number of hydrogen-bond acceptors (Lipinski definition) is 3. The Hall–Kier alpha value is -1.74. The summed E-state index contributed by atoms with van der Waals surface area (Å²) in [6.45, 7) is 0. The third kappa shape index (κ3) is 2.19. The Morgan fingerprint density at radius 1 is 1.67 bits per heavy atom. The topological polar surface area (TPSA) is 79.8 Å². The summed E-state index contributed by atoms with van der Waals surface area (Å²) in [5, 5.41) is 8.16. The highest BCUT2D eigenvalue weighted by atomic mass is 35.5. The fourth-order valence-corrected chi connectivity index (χ4v) is 1.13. The number of aromatic nitrogens is 1. The first-order chi connectivity index (χ1) is 6.97. The Kier molecular flexibility index (Phi) is 3.17. The summed E-state index contributed by atoms with van der Waals surface area (Å²) in [4.78, 5) is 14.1. The average molecular weight is 232 g/mol. The second kappa shape index (κ2) is 4.19. The van der Waals surface area contributed by atoms with E-state index in [1.807, 2.05) is 0 Å². The van der Waals surface area contributed by atoms with Gasteiger partial charge in [0.05, 0.1) is 11.1 Å². The maximum Gasteiger partial charge on any atom is 0.281 e. The lowest BCUT2D eigenvalue weighted by Crippen LogP contribution is -2.15. The summed E-state index contributed by atoms with van der Waals surface area (Å²) in [5.41, 5.74) is 3.38. The summed E-state index contributed by atoms with van der Waals surface area (Å²) in [7, 11) is 0. The number of alkyl halides is 2. The van der Waals surface area contributed by atoms with E-state index in [0.29, 0.717) is 0 Å². The zero-order valence-electron chi connectivity index (χ0n) is 7.17. The number of primary amides is 1. The first kappa shape index (κ1) is 11.3. The number of hydrogen-bond donors (Lipinski definition) is 1. The first-order valence-corrected chi connectivity index (χ1v) is 4.03. The predicted molar refractivity (Wildman–Crippen MR) is 47.4 cm³/mol. The van der Waals surface area contributed by atoms with Crippen LogP contribution in [0.4, 0.5) is 8.78 Å². The molecule has 2 N–H and O–H groups in total. The molecule has 0 aliphatic heterocycles. The number of rotatable bonds is 2. The van der Waals surface area contributed by atoms with E-state index in [-0.39, 0.29) is 10.7 Å². The average Bonchev–Trinajstić information content (AvgIpc) is 2.16. The molecule has 0 saturated carbocycles. The van der Waals surface area contributed by atoms with Crippen LogP contribution in [0.15, 0.2) is 6.07 Å². The predicted octanol–water partition coefficient (Wildman–Crippen LogP) is 1.64. The highest BCUT2D eigenvalue weighted by Gasteiger charge is 2.21. The van der Waals surface area contributed by atoms with Crippen LogP contribution in [-0.2, 0) is 0 Å². The molecule has 0 fully saturated rings. The molecule has 15 heavy (non-hydrogen) atoms. The van der Waals surface area contributed by atoms with Crippen molar-refractivity contribution in [1.82, 2.24) is 4.98 Å². The maximum atomic E-state index is 12.4. The van der Waals surface area contributed by atoms with Crippen LogP contribution in [0.2, 0.25) is 5.15 Å². The summed E-state index contributed by atoms with van der Waals surface area (Å²) in [5.74, 6) is -1.08. The van der Waals surface area contributed by atoms with Gasteiger partial charge in [0.25, 0.3) is 12.3 Å². The van der Waals surface area contributed by atoms with Crippen molar-refractivity contribution in [3.05, 3.63) is 28.0 Å². The van der Waals surface area contributed by atoms with E-state index in [1.165, 1.54) is 0 Å². The van der Waals surface area contributed by atoms with Crippen molar-refractivity contribution in [1.29, 1.82) is 5.26 Å². The van der Waals surface area contributed by atoms with Crippen LogP contribution in [0.5, 0.6) is 0 Å². The van der Waals surface area contributed by atoms with Crippen LogP contribution in [0, 0.1) is 11.3 Å². The number of nitrogens with zero attached hydrogens (tertiary/aromatic N) is 2. The normalized spacial score (nSPS) is 10.1. The molecule has 1 heterocycles. The summed E-state index contributed by atoms with van der Waals surface area (Å²) >= 11 is 5.43. The second-order valence-electron chi connectivity index (χ2n) is 2.54. The fourth-order valence-electron chi connectivity index (χ4n) is 0.946. The smallest absolute Gasteiger partial charge is 0.281 e. The molecule has 0 atom stereocenters. The van der Waals surface area contributed by atoms with Gasteiger partial charge in [-0.25, -0.2) is 13.8 Å². The second-order valence-corrected chi connectivity index (χ2v) is 2.89. The Morgan fingerprint density at radius 3 is 2.67 bits per heavy atom. The lowest BCUT2D eigenvalue weighted by Gasteiger charge is -2.05. The van der Waals surface area contributed by atoms with E-state index in [9.17, 15) is 13.6 Å². The zero-order valence-corrected chi connectivity index (χ0v) is 7.92. The van der Waals surface area contributed by atoms with E-state index in [1.54, 1.807) is 6.07 Å². The van der Waals surface area contributed by atoms with Crippen molar-refractivity contribution >= 4 is 17.5 Å². The SMILES string of the molecule is N#Cc1cc(C(N)=O)c(C(F)F)nc1Cl. The van der Waals surface area contributed by atoms with Crippen molar-refractivity contribution in [2.24, 2.45) is 5.73 Å². The van der Waals surface area contributed by atoms with Gasteiger partial charge in [0.15, 0.2) is 0 Å². The van der Waals surface area contributed by atoms with E-state index < -0.39 is 23.6 Å². The molecule has 0 spiro atoms. The minimum atomic E-state index is -2.97. The molecule has 0 unspecified atom stereocenters. The zero-order chi connectivity index (χ0) is 11.6. The van der Waals surface area contributed by atoms with Crippen LogP contribution in [0.25, 0.3) is 0 Å². The van der Waals surface area contributed by atoms with Gasteiger partial charge in [-0.3, -0.25) is 4.79 Å². The van der Waals surface area contributed by atoms with E-state index >= 15 is 0 Å². The van der Waals surface area contributed by atoms with Gasteiger partial charge in [-0.15, -0.1) is 0 Å². The molecule has 1 amide bonds. The molecule has 0 aliphatic rings. The maximum absolute atomic E-state index is 12.4. The summed E-state index contributed by atoms with van der Waals surface area (Å²) < 4.78 is 24.8. The molecule has 1 aromatic heterocycles. The molecule has 0 aliphatic carbocycles. The van der Waals surface area contributed by atoms with Crippen molar-refractivity contribution in [3.63, 3.8) is 0 Å². The van der Waals surface area contributed by atoms with Gasteiger partial charge >= 0.3 is 0 Å². The first-order valence-electron chi connectivity index (χ1n) is 3.66. The minimum absolute atomic E-state index is 0.171. The van der Waals surface area contributed by atoms with Gasteiger partial charge in [0.2, 0.25) is 0 Å². The van der Waals surface area contributed by atoms with Crippen molar-refractivity contribution in [2.45, 2.75) is 6.43 Å². The van der Waals surface area contributed by atoms with E-state index in [0.717, 1.165) is 6.07 Å². The molecule has 78 valence electrons. The molecular weight excluding hydrogens is 228 g/mol. The molecule has 7 heteroatoms. The third-order valence-electron chi connectivity index (χ3n) is 1.60. The number of nitrogens with two attached hydrogens (primary N) is 1. The van der Waals surface area contributed by atoms with Crippen molar-refractivity contribution in [3.8, 4) is 6.07 Å². The monoisotopic (exact) mass is 231 g/mol. The largest absolute Gasteiger partial charge is 0.366 e. The van der Waals surface area contributed by atoms with Crippen LogP contribution in [0.3, 0.4) is 0 Å².